The van der Waals surface area contributed by atoms with Gasteiger partial charge in [-0.3, -0.25) is 0 Å². The zero-order chi connectivity index (χ0) is 13.4. The minimum Gasteiger partial charge on any atom is -0.477 e. The van der Waals surface area contributed by atoms with Crippen molar-refractivity contribution in [2.75, 3.05) is 0 Å². The number of rotatable bonds is 2. The van der Waals surface area contributed by atoms with Crippen LogP contribution in [-0.4, -0.2) is 32.1 Å². The van der Waals surface area contributed by atoms with Crippen molar-refractivity contribution in [1.82, 2.24) is 9.97 Å². The number of aromatic carboxylic acids is 2. The van der Waals surface area contributed by atoms with Crippen molar-refractivity contribution in [3.8, 4) is 0 Å². The Morgan fingerprint density at radius 3 is 1.32 bits per heavy atom. The number of pyridine rings is 2. The Morgan fingerprint density at radius 1 is 0.789 bits per heavy atom. The van der Waals surface area contributed by atoms with Crippen LogP contribution in [0, 0.1) is 0 Å². The van der Waals surface area contributed by atoms with E-state index in [1.165, 1.54) is 24.5 Å². The Bertz CT molecular complexity index is 470. The van der Waals surface area contributed by atoms with Crippen molar-refractivity contribution in [3.05, 3.63) is 60.2 Å². The maximum Gasteiger partial charge on any atom is 0.354 e. The standard InChI is InChI=1S/2C6H5NO2.Zn/c2*8-6(9)5-3-1-2-4-7-5;/h2*1-4H,(H,8,9);. The summed E-state index contributed by atoms with van der Waals surface area (Å²) in [5, 5.41) is 16.6. The Balaban J connectivity index is 0.000000324. The molecule has 0 aliphatic heterocycles. The summed E-state index contributed by atoms with van der Waals surface area (Å²) in [5.74, 6) is -1.98. The molecule has 94 valence electrons. The molecule has 0 aromatic carbocycles. The monoisotopic (exact) mass is 310 g/mol. The van der Waals surface area contributed by atoms with E-state index in [-0.39, 0.29) is 30.9 Å². The van der Waals surface area contributed by atoms with Crippen LogP contribution in [0.25, 0.3) is 0 Å². The van der Waals surface area contributed by atoms with E-state index in [0.717, 1.165) is 0 Å². The summed E-state index contributed by atoms with van der Waals surface area (Å²) in [4.78, 5) is 27.4. The normalized spacial score (nSPS) is 8.42. The molecule has 0 amide bonds. The fourth-order valence-electron chi connectivity index (χ4n) is 0.979. The molecule has 2 N–H and O–H groups in total. The van der Waals surface area contributed by atoms with Crippen molar-refractivity contribution >= 4 is 11.9 Å². The van der Waals surface area contributed by atoms with Crippen molar-refractivity contribution in [3.63, 3.8) is 0 Å². The van der Waals surface area contributed by atoms with E-state index in [2.05, 4.69) is 9.97 Å². The SMILES string of the molecule is O=C(O)c1ccccn1.O=C(O)c1ccccn1.[Zn]. The van der Waals surface area contributed by atoms with Gasteiger partial charge in [0.05, 0.1) is 0 Å². The van der Waals surface area contributed by atoms with Crippen molar-refractivity contribution in [2.45, 2.75) is 0 Å². The van der Waals surface area contributed by atoms with Gasteiger partial charge in [-0.25, -0.2) is 19.6 Å². The van der Waals surface area contributed by atoms with E-state index in [4.69, 9.17) is 10.2 Å². The first-order valence-corrected chi connectivity index (χ1v) is 4.90. The molecule has 2 rings (SSSR count). The molecule has 0 aliphatic carbocycles. The van der Waals surface area contributed by atoms with Crippen LogP contribution in [0.15, 0.2) is 48.8 Å². The van der Waals surface area contributed by atoms with E-state index >= 15 is 0 Å². The quantitative estimate of drug-likeness (QED) is 0.816. The molecule has 0 spiro atoms. The van der Waals surface area contributed by atoms with Crippen LogP contribution in [0.2, 0.25) is 0 Å². The van der Waals surface area contributed by atoms with Crippen molar-refractivity contribution in [2.24, 2.45) is 0 Å². The average Bonchev–Trinajstić information content (AvgIpc) is 2.41. The Hall–Kier alpha value is -2.14. The molecule has 6 nitrogen and oxygen atoms in total. The maximum atomic E-state index is 10.1. The average molecular weight is 312 g/mol. The first-order valence-electron chi connectivity index (χ1n) is 4.90. The van der Waals surface area contributed by atoms with Gasteiger partial charge in [-0.15, -0.1) is 0 Å². The number of hydrogen-bond donors (Lipinski definition) is 2. The maximum absolute atomic E-state index is 10.1. The van der Waals surface area contributed by atoms with Crippen LogP contribution in [0.5, 0.6) is 0 Å². The van der Waals surface area contributed by atoms with Crippen LogP contribution in [0.1, 0.15) is 21.0 Å². The van der Waals surface area contributed by atoms with Gasteiger partial charge >= 0.3 is 11.9 Å². The van der Waals surface area contributed by atoms with Gasteiger partial charge in [0.1, 0.15) is 11.4 Å². The summed E-state index contributed by atoms with van der Waals surface area (Å²) >= 11 is 0. The van der Waals surface area contributed by atoms with Gasteiger partial charge in [-0.05, 0) is 24.3 Å². The summed E-state index contributed by atoms with van der Waals surface area (Å²) in [6, 6.07) is 9.51. The van der Waals surface area contributed by atoms with Gasteiger partial charge in [0.15, 0.2) is 0 Å². The number of carboxylic acids is 2. The van der Waals surface area contributed by atoms with E-state index < -0.39 is 11.9 Å². The number of carboxylic acid groups (broad SMARTS) is 2. The van der Waals surface area contributed by atoms with Crippen LogP contribution in [-0.2, 0) is 19.5 Å². The second kappa shape index (κ2) is 8.88. The summed E-state index contributed by atoms with van der Waals surface area (Å²) in [6.45, 7) is 0. The van der Waals surface area contributed by atoms with Gasteiger partial charge in [-0.2, -0.15) is 0 Å². The molecule has 0 atom stereocenters. The van der Waals surface area contributed by atoms with Gasteiger partial charge < -0.3 is 10.2 Å². The topological polar surface area (TPSA) is 100 Å². The molecule has 2 heterocycles. The molecule has 19 heavy (non-hydrogen) atoms. The van der Waals surface area contributed by atoms with E-state index in [0.29, 0.717) is 0 Å². The number of nitrogens with zero attached hydrogens (tertiary/aromatic N) is 2. The number of carbonyl (C=O) groups is 2. The van der Waals surface area contributed by atoms with E-state index in [1.54, 1.807) is 24.3 Å². The summed E-state index contributed by atoms with van der Waals surface area (Å²) < 4.78 is 0. The zero-order valence-electron chi connectivity index (χ0n) is 9.93. The molecule has 0 unspecified atom stereocenters. The predicted octanol–water partition coefficient (Wildman–Crippen LogP) is 1.56. The number of hydrogen-bond acceptors (Lipinski definition) is 4. The fraction of sp³-hybridized carbons (Fsp3) is 0. The van der Waals surface area contributed by atoms with Gasteiger partial charge in [0, 0.05) is 31.9 Å². The van der Waals surface area contributed by atoms with E-state index in [9.17, 15) is 9.59 Å². The fourth-order valence-corrected chi connectivity index (χ4v) is 0.979. The van der Waals surface area contributed by atoms with E-state index in [1.807, 2.05) is 0 Å². The predicted molar refractivity (Wildman–Crippen MR) is 62.4 cm³/mol. The molecule has 0 aliphatic rings. The van der Waals surface area contributed by atoms with Gasteiger partial charge in [-0.1, -0.05) is 12.1 Å². The third kappa shape index (κ3) is 6.38. The van der Waals surface area contributed by atoms with Gasteiger partial charge in [0.2, 0.25) is 0 Å². The van der Waals surface area contributed by atoms with Gasteiger partial charge in [0.25, 0.3) is 0 Å². The third-order valence-corrected chi connectivity index (χ3v) is 1.77. The summed E-state index contributed by atoms with van der Waals surface area (Å²) in [7, 11) is 0. The first kappa shape index (κ1) is 16.9. The molecule has 2 aromatic rings. The van der Waals surface area contributed by atoms with Crippen LogP contribution in [0.4, 0.5) is 0 Å². The Labute approximate surface area is 121 Å². The van der Waals surface area contributed by atoms with Crippen LogP contribution in [0.3, 0.4) is 0 Å². The molecular weight excluding hydrogens is 302 g/mol. The molecule has 0 radical (unpaired) electrons. The Morgan fingerprint density at radius 2 is 1.16 bits per heavy atom. The molecule has 7 heteroatoms. The molecule has 0 bridgehead atoms. The molecule has 0 saturated heterocycles. The van der Waals surface area contributed by atoms with Crippen LogP contribution < -0.4 is 0 Å². The number of aromatic nitrogens is 2. The molecule has 0 fully saturated rings. The zero-order valence-corrected chi connectivity index (χ0v) is 12.9. The minimum absolute atomic E-state index is 0. The minimum atomic E-state index is -0.990. The van der Waals surface area contributed by atoms with Crippen molar-refractivity contribution < 1.29 is 39.3 Å². The molecule has 0 saturated carbocycles. The van der Waals surface area contributed by atoms with Crippen molar-refractivity contribution in [1.29, 1.82) is 0 Å². The summed E-state index contributed by atoms with van der Waals surface area (Å²) in [6.07, 6.45) is 2.90. The molecule has 2 aromatic heterocycles. The first-order chi connectivity index (χ1) is 8.61. The molecular formula is C12H10N2O4Zn. The smallest absolute Gasteiger partial charge is 0.354 e. The second-order valence-corrected chi connectivity index (χ2v) is 3.04. The largest absolute Gasteiger partial charge is 0.477 e. The van der Waals surface area contributed by atoms with Crippen LogP contribution >= 0.6 is 0 Å². The Kier molecular flexibility index (Phi) is 7.88. The second-order valence-electron chi connectivity index (χ2n) is 3.04. The summed E-state index contributed by atoms with van der Waals surface area (Å²) in [5.41, 5.74) is 0.162. The third-order valence-electron chi connectivity index (χ3n) is 1.77.